The third kappa shape index (κ3) is 2.91. The number of carboxylic acid groups (broad SMARTS) is 1. The Morgan fingerprint density at radius 1 is 1.57 bits per heavy atom. The molecule has 0 saturated carbocycles. The number of aromatic nitrogens is 1. The summed E-state index contributed by atoms with van der Waals surface area (Å²) >= 11 is 0. The van der Waals surface area contributed by atoms with Gasteiger partial charge in [-0.15, -0.1) is 0 Å². The maximum absolute atomic E-state index is 10.8. The molecule has 0 amide bonds. The van der Waals surface area contributed by atoms with Gasteiger partial charge < -0.3 is 9.67 Å². The number of carboxylic acids is 1. The van der Waals surface area contributed by atoms with Gasteiger partial charge in [0.05, 0.1) is 0 Å². The van der Waals surface area contributed by atoms with Gasteiger partial charge in [0.25, 0.3) is 0 Å². The van der Waals surface area contributed by atoms with Crippen LogP contribution in [0.25, 0.3) is 0 Å². The molecule has 1 heterocycles. The Balaban J connectivity index is 2.50. The molecule has 78 valence electrons. The summed E-state index contributed by atoms with van der Waals surface area (Å²) in [4.78, 5) is 10.8. The van der Waals surface area contributed by atoms with E-state index < -0.39 is 5.97 Å². The fourth-order valence-corrected chi connectivity index (χ4v) is 1.47. The average molecular weight is 195 g/mol. The minimum atomic E-state index is -0.848. The van der Waals surface area contributed by atoms with Crippen LogP contribution in [0.3, 0.4) is 0 Å². The summed E-state index contributed by atoms with van der Waals surface area (Å²) in [6.07, 6.45) is 3.99. The van der Waals surface area contributed by atoms with Crippen molar-refractivity contribution in [3.8, 4) is 0 Å². The van der Waals surface area contributed by atoms with Gasteiger partial charge in [-0.05, 0) is 30.9 Å². The molecule has 3 nitrogen and oxygen atoms in total. The third-order valence-electron chi connectivity index (χ3n) is 2.23. The second-order valence-corrected chi connectivity index (χ2v) is 3.93. The van der Waals surface area contributed by atoms with Gasteiger partial charge in [0, 0.05) is 12.7 Å². The van der Waals surface area contributed by atoms with Crippen molar-refractivity contribution >= 4 is 5.97 Å². The summed E-state index contributed by atoms with van der Waals surface area (Å²) < 4.78 is 1.80. The van der Waals surface area contributed by atoms with Crippen LogP contribution >= 0.6 is 0 Å². The molecule has 0 atom stereocenters. The Morgan fingerprint density at radius 2 is 2.29 bits per heavy atom. The summed E-state index contributed by atoms with van der Waals surface area (Å²) in [5, 5.41) is 8.84. The highest BCUT2D eigenvalue weighted by atomic mass is 16.4. The summed E-state index contributed by atoms with van der Waals surface area (Å²) in [5.74, 6) is -0.168. The lowest BCUT2D eigenvalue weighted by Gasteiger charge is -2.07. The van der Waals surface area contributed by atoms with Crippen LogP contribution in [0.5, 0.6) is 0 Å². The average Bonchev–Trinajstić information content (AvgIpc) is 2.51. The van der Waals surface area contributed by atoms with E-state index in [9.17, 15) is 4.79 Å². The molecule has 0 saturated heterocycles. The first kappa shape index (κ1) is 10.8. The van der Waals surface area contributed by atoms with Crippen molar-refractivity contribution in [2.75, 3.05) is 0 Å². The quantitative estimate of drug-likeness (QED) is 0.784. The molecule has 1 rings (SSSR count). The van der Waals surface area contributed by atoms with E-state index in [2.05, 4.69) is 13.8 Å². The van der Waals surface area contributed by atoms with Crippen LogP contribution in [0.1, 0.15) is 37.2 Å². The Hall–Kier alpha value is -1.25. The van der Waals surface area contributed by atoms with E-state index in [1.165, 1.54) is 0 Å². The summed E-state index contributed by atoms with van der Waals surface area (Å²) in [5.41, 5.74) is 0.383. The van der Waals surface area contributed by atoms with E-state index in [0.29, 0.717) is 11.6 Å². The van der Waals surface area contributed by atoms with Crippen molar-refractivity contribution in [1.82, 2.24) is 4.57 Å². The number of aryl methyl sites for hydroxylation is 1. The normalized spacial score (nSPS) is 10.8. The van der Waals surface area contributed by atoms with E-state index >= 15 is 0 Å². The number of hydrogen-bond donors (Lipinski definition) is 1. The molecular formula is C11H17NO2. The van der Waals surface area contributed by atoms with Crippen LogP contribution in [0.2, 0.25) is 0 Å². The van der Waals surface area contributed by atoms with Crippen molar-refractivity contribution < 1.29 is 9.90 Å². The lowest BCUT2D eigenvalue weighted by molar-refractivity contribution is 0.0685. The second-order valence-electron chi connectivity index (χ2n) is 3.93. The first-order valence-electron chi connectivity index (χ1n) is 4.99. The molecule has 14 heavy (non-hydrogen) atoms. The van der Waals surface area contributed by atoms with E-state index in [0.717, 1.165) is 19.4 Å². The molecule has 0 aliphatic carbocycles. The molecule has 1 aromatic rings. The molecule has 0 unspecified atom stereocenters. The third-order valence-corrected chi connectivity index (χ3v) is 2.23. The number of carbonyl (C=O) groups is 1. The van der Waals surface area contributed by atoms with Crippen LogP contribution in [0, 0.1) is 5.92 Å². The predicted octanol–water partition coefficient (Wildman–Crippen LogP) is 2.62. The van der Waals surface area contributed by atoms with Crippen molar-refractivity contribution in [3.63, 3.8) is 0 Å². The van der Waals surface area contributed by atoms with E-state index in [1.54, 1.807) is 16.7 Å². The van der Waals surface area contributed by atoms with E-state index in [-0.39, 0.29) is 0 Å². The SMILES string of the molecule is CC(C)CCCn1cccc1C(=O)O. The predicted molar refractivity (Wildman–Crippen MR) is 55.5 cm³/mol. The highest BCUT2D eigenvalue weighted by Crippen LogP contribution is 2.08. The number of hydrogen-bond acceptors (Lipinski definition) is 1. The summed E-state index contributed by atoms with van der Waals surface area (Å²) in [6.45, 7) is 5.15. The molecule has 0 aliphatic rings. The van der Waals surface area contributed by atoms with Gasteiger partial charge >= 0.3 is 5.97 Å². The van der Waals surface area contributed by atoms with Crippen LogP contribution in [0.15, 0.2) is 18.3 Å². The first-order chi connectivity index (χ1) is 6.61. The van der Waals surface area contributed by atoms with Crippen molar-refractivity contribution in [1.29, 1.82) is 0 Å². The molecule has 0 radical (unpaired) electrons. The number of rotatable bonds is 5. The minimum absolute atomic E-state index is 0.383. The summed E-state index contributed by atoms with van der Waals surface area (Å²) in [6, 6.07) is 3.41. The number of nitrogens with zero attached hydrogens (tertiary/aromatic N) is 1. The Bertz CT molecular complexity index is 302. The standard InChI is InChI=1S/C11H17NO2/c1-9(2)5-3-7-12-8-4-6-10(12)11(13)14/h4,6,8-9H,3,5,7H2,1-2H3,(H,13,14). The smallest absolute Gasteiger partial charge is 0.352 e. The van der Waals surface area contributed by atoms with Gasteiger partial charge in [-0.2, -0.15) is 0 Å². The minimum Gasteiger partial charge on any atom is -0.477 e. The fraction of sp³-hybridized carbons (Fsp3) is 0.545. The molecule has 0 aliphatic heterocycles. The molecular weight excluding hydrogens is 178 g/mol. The van der Waals surface area contributed by atoms with Gasteiger partial charge in [-0.3, -0.25) is 0 Å². The first-order valence-corrected chi connectivity index (χ1v) is 4.99. The van der Waals surface area contributed by atoms with Crippen molar-refractivity contribution in [2.24, 2.45) is 5.92 Å². The van der Waals surface area contributed by atoms with Crippen molar-refractivity contribution in [3.05, 3.63) is 24.0 Å². The van der Waals surface area contributed by atoms with Gasteiger partial charge in [0.15, 0.2) is 0 Å². The zero-order valence-electron chi connectivity index (χ0n) is 8.73. The van der Waals surface area contributed by atoms with Crippen LogP contribution < -0.4 is 0 Å². The van der Waals surface area contributed by atoms with Gasteiger partial charge in [-0.25, -0.2) is 4.79 Å². The topological polar surface area (TPSA) is 42.2 Å². The van der Waals surface area contributed by atoms with E-state index in [4.69, 9.17) is 5.11 Å². The number of aromatic carboxylic acids is 1. The molecule has 3 heteroatoms. The summed E-state index contributed by atoms with van der Waals surface area (Å²) in [7, 11) is 0. The highest BCUT2D eigenvalue weighted by molar-refractivity contribution is 5.85. The zero-order chi connectivity index (χ0) is 10.6. The molecule has 1 N–H and O–H groups in total. The van der Waals surface area contributed by atoms with E-state index in [1.807, 2.05) is 6.20 Å². The Morgan fingerprint density at radius 3 is 2.86 bits per heavy atom. The van der Waals surface area contributed by atoms with Crippen LogP contribution in [-0.2, 0) is 6.54 Å². The fourth-order valence-electron chi connectivity index (χ4n) is 1.47. The van der Waals surface area contributed by atoms with Gasteiger partial charge in [0.2, 0.25) is 0 Å². The monoisotopic (exact) mass is 195 g/mol. The lowest BCUT2D eigenvalue weighted by atomic mass is 10.1. The molecule has 0 bridgehead atoms. The maximum atomic E-state index is 10.8. The maximum Gasteiger partial charge on any atom is 0.352 e. The second kappa shape index (κ2) is 4.84. The Labute approximate surface area is 84.4 Å². The highest BCUT2D eigenvalue weighted by Gasteiger charge is 2.07. The zero-order valence-corrected chi connectivity index (χ0v) is 8.73. The van der Waals surface area contributed by atoms with Crippen molar-refractivity contribution in [2.45, 2.75) is 33.2 Å². The Kier molecular flexibility index (Phi) is 3.74. The molecule has 0 fully saturated rings. The van der Waals surface area contributed by atoms with Gasteiger partial charge in [-0.1, -0.05) is 13.8 Å². The lowest BCUT2D eigenvalue weighted by Crippen LogP contribution is -2.08. The van der Waals surface area contributed by atoms with Crippen LogP contribution in [-0.4, -0.2) is 15.6 Å². The molecule has 0 aromatic carbocycles. The largest absolute Gasteiger partial charge is 0.477 e. The molecule has 0 spiro atoms. The van der Waals surface area contributed by atoms with Gasteiger partial charge in [0.1, 0.15) is 5.69 Å². The van der Waals surface area contributed by atoms with Crippen LogP contribution in [0.4, 0.5) is 0 Å². The molecule has 1 aromatic heterocycles.